The monoisotopic (exact) mass is 688 g/mol. The van der Waals surface area contributed by atoms with E-state index in [9.17, 15) is 4.79 Å². The number of rotatable bonds is 14. The lowest BCUT2D eigenvalue weighted by Gasteiger charge is -2.52. The maximum absolute atomic E-state index is 13.5. The molecule has 1 saturated heterocycles. The largest absolute Gasteiger partial charge is 0.493 e. The summed E-state index contributed by atoms with van der Waals surface area (Å²) in [4.78, 5) is 16.0. The molecule has 1 N–H and O–H groups in total. The number of carbonyl (C=O) groups excluding carboxylic acids is 1. The second-order valence-corrected chi connectivity index (χ2v) is 12.6. The van der Waals surface area contributed by atoms with Gasteiger partial charge in [0.25, 0.3) is 0 Å². The van der Waals surface area contributed by atoms with Crippen molar-refractivity contribution >= 4 is 17.6 Å². The second kappa shape index (κ2) is 16.3. The third kappa shape index (κ3) is 8.07. The molecule has 0 saturated carbocycles. The van der Waals surface area contributed by atoms with Gasteiger partial charge in [0.1, 0.15) is 0 Å². The fourth-order valence-electron chi connectivity index (χ4n) is 6.90. The average Bonchev–Trinajstić information content (AvgIpc) is 3.13. The van der Waals surface area contributed by atoms with Gasteiger partial charge in [0.05, 0.1) is 53.8 Å². The Hall–Kier alpha value is -4.44. The van der Waals surface area contributed by atoms with Crippen molar-refractivity contribution < 1.29 is 33.2 Å². The number of piperazine rings is 1. The van der Waals surface area contributed by atoms with E-state index in [1.165, 1.54) is 26.9 Å². The highest BCUT2D eigenvalue weighted by molar-refractivity contribution is 6.30. The highest BCUT2D eigenvalue weighted by Crippen LogP contribution is 2.40. The van der Waals surface area contributed by atoms with E-state index in [-0.39, 0.29) is 18.7 Å². The van der Waals surface area contributed by atoms with Crippen LogP contribution in [0.4, 0.5) is 0 Å². The van der Waals surface area contributed by atoms with E-state index in [1.54, 1.807) is 26.4 Å². The molecule has 0 radical (unpaired) electrons. The van der Waals surface area contributed by atoms with Gasteiger partial charge in [-0.15, -0.1) is 0 Å². The summed E-state index contributed by atoms with van der Waals surface area (Å²) >= 11 is 6.35. The summed E-state index contributed by atoms with van der Waals surface area (Å²) in [7, 11) is 7.83. The number of methoxy groups -OCH3 is 5. The highest BCUT2D eigenvalue weighted by atomic mass is 35.5. The van der Waals surface area contributed by atoms with Crippen LogP contribution in [-0.2, 0) is 11.2 Å². The molecule has 10 heteroatoms. The van der Waals surface area contributed by atoms with Gasteiger partial charge < -0.3 is 33.7 Å². The molecule has 0 amide bonds. The van der Waals surface area contributed by atoms with Crippen molar-refractivity contribution in [2.45, 2.75) is 37.4 Å². The van der Waals surface area contributed by atoms with Crippen molar-refractivity contribution in [1.29, 1.82) is 0 Å². The van der Waals surface area contributed by atoms with Crippen molar-refractivity contribution in [3.05, 3.63) is 112 Å². The number of halogens is 1. The van der Waals surface area contributed by atoms with Crippen molar-refractivity contribution in [2.75, 3.05) is 55.2 Å². The van der Waals surface area contributed by atoms with E-state index in [0.717, 1.165) is 24.2 Å². The SMILES string of the molecule is COc1ccc(CC2(C)NCCN(C(c3ccccc3)c3ccc(Cl)cc3)C2CCOC(=O)c2cc(OC)c(OC)c(OC)c2)cc1OC. The molecule has 260 valence electrons. The van der Waals surface area contributed by atoms with Gasteiger partial charge in [-0.1, -0.05) is 60.1 Å². The summed E-state index contributed by atoms with van der Waals surface area (Å²) in [5.41, 5.74) is 3.28. The number of ether oxygens (including phenoxy) is 6. The van der Waals surface area contributed by atoms with Gasteiger partial charge in [-0.05, 0) is 72.9 Å². The van der Waals surface area contributed by atoms with Crippen LogP contribution in [-0.4, -0.2) is 77.7 Å². The third-order valence-electron chi connectivity index (χ3n) is 9.21. The van der Waals surface area contributed by atoms with E-state index < -0.39 is 11.5 Å². The molecule has 0 spiro atoms. The first kappa shape index (κ1) is 35.9. The molecule has 1 aliphatic heterocycles. The maximum Gasteiger partial charge on any atom is 0.338 e. The van der Waals surface area contributed by atoms with Crippen LogP contribution in [0.15, 0.2) is 84.9 Å². The standard InChI is InChI=1S/C39H45ClN2O7/c1-39(25-26-12-17-31(44-2)32(22-26)45-3)35(18-21-49-38(43)29-23-33(46-4)37(48-6)34(24-29)47-5)42(20-19-41-39)36(27-10-8-7-9-11-27)28-13-15-30(40)16-14-28/h7-17,22-24,35-36,41H,18-21,25H2,1-6H3. The van der Waals surface area contributed by atoms with Gasteiger partial charge in [-0.2, -0.15) is 0 Å². The van der Waals surface area contributed by atoms with Crippen molar-refractivity contribution in [3.63, 3.8) is 0 Å². The van der Waals surface area contributed by atoms with Gasteiger partial charge in [0.15, 0.2) is 23.0 Å². The van der Waals surface area contributed by atoms with Crippen LogP contribution in [0.2, 0.25) is 5.02 Å². The molecular weight excluding hydrogens is 644 g/mol. The topological polar surface area (TPSA) is 87.7 Å². The highest BCUT2D eigenvalue weighted by Gasteiger charge is 2.44. The Balaban J connectivity index is 1.49. The van der Waals surface area contributed by atoms with Crippen LogP contribution in [0.5, 0.6) is 28.7 Å². The van der Waals surface area contributed by atoms with Crippen LogP contribution in [0.3, 0.4) is 0 Å². The summed E-state index contributed by atoms with van der Waals surface area (Å²) in [5.74, 6) is 2.05. The van der Waals surface area contributed by atoms with Gasteiger partial charge in [-0.3, -0.25) is 4.90 Å². The van der Waals surface area contributed by atoms with E-state index >= 15 is 0 Å². The van der Waals surface area contributed by atoms with Gasteiger partial charge in [-0.25, -0.2) is 4.79 Å². The Kier molecular flexibility index (Phi) is 11.9. The first-order chi connectivity index (χ1) is 23.7. The molecule has 3 atom stereocenters. The van der Waals surface area contributed by atoms with Gasteiger partial charge in [0, 0.05) is 29.7 Å². The summed E-state index contributed by atoms with van der Waals surface area (Å²) in [6, 6.07) is 27.7. The lowest BCUT2D eigenvalue weighted by Crippen LogP contribution is -2.67. The van der Waals surface area contributed by atoms with E-state index in [1.807, 2.05) is 30.3 Å². The number of hydrogen-bond donors (Lipinski definition) is 1. The van der Waals surface area contributed by atoms with Gasteiger partial charge in [0.2, 0.25) is 5.75 Å². The zero-order chi connectivity index (χ0) is 35.0. The molecule has 1 fully saturated rings. The molecule has 4 aromatic rings. The number of hydrogen-bond acceptors (Lipinski definition) is 9. The van der Waals surface area contributed by atoms with Crippen LogP contribution >= 0.6 is 11.6 Å². The quantitative estimate of drug-likeness (QED) is 0.141. The number of benzene rings is 4. The first-order valence-corrected chi connectivity index (χ1v) is 16.6. The molecule has 0 aliphatic carbocycles. The fourth-order valence-corrected chi connectivity index (χ4v) is 7.03. The number of esters is 1. The Morgan fingerprint density at radius 1 is 0.816 bits per heavy atom. The van der Waals surface area contributed by atoms with Crippen LogP contribution in [0.1, 0.15) is 46.4 Å². The Bertz CT molecular complexity index is 1680. The van der Waals surface area contributed by atoms with E-state index in [2.05, 4.69) is 59.6 Å². The predicted molar refractivity (Wildman–Crippen MR) is 191 cm³/mol. The molecule has 5 rings (SSSR count). The average molecular weight is 689 g/mol. The molecule has 1 aliphatic rings. The molecule has 49 heavy (non-hydrogen) atoms. The summed E-state index contributed by atoms with van der Waals surface area (Å²) in [6.07, 6.45) is 1.25. The fraction of sp³-hybridized carbons (Fsp3) is 0.359. The summed E-state index contributed by atoms with van der Waals surface area (Å²) in [6.45, 7) is 3.96. The van der Waals surface area contributed by atoms with Gasteiger partial charge >= 0.3 is 5.97 Å². The third-order valence-corrected chi connectivity index (χ3v) is 9.46. The second-order valence-electron chi connectivity index (χ2n) is 12.2. The van der Waals surface area contributed by atoms with Crippen molar-refractivity contribution in [1.82, 2.24) is 10.2 Å². The lowest BCUT2D eigenvalue weighted by atomic mass is 9.79. The van der Waals surface area contributed by atoms with Crippen LogP contribution in [0.25, 0.3) is 0 Å². The molecule has 3 unspecified atom stereocenters. The van der Waals surface area contributed by atoms with Crippen LogP contribution in [0, 0.1) is 0 Å². The van der Waals surface area contributed by atoms with E-state index in [0.29, 0.717) is 52.2 Å². The zero-order valence-electron chi connectivity index (χ0n) is 29.0. The molecule has 9 nitrogen and oxygen atoms in total. The minimum atomic E-state index is -0.478. The molecule has 4 aromatic carbocycles. The molecule has 0 bridgehead atoms. The molecule has 1 heterocycles. The summed E-state index contributed by atoms with van der Waals surface area (Å²) in [5, 5.41) is 4.53. The zero-order valence-corrected chi connectivity index (χ0v) is 29.7. The number of nitrogens with zero attached hydrogens (tertiary/aromatic N) is 1. The molecule has 0 aromatic heterocycles. The number of carbonyl (C=O) groups is 1. The lowest BCUT2D eigenvalue weighted by molar-refractivity contribution is 0.0135. The Morgan fingerprint density at radius 2 is 1.45 bits per heavy atom. The minimum Gasteiger partial charge on any atom is -0.493 e. The van der Waals surface area contributed by atoms with Crippen LogP contribution < -0.4 is 29.0 Å². The van der Waals surface area contributed by atoms with Crippen molar-refractivity contribution in [3.8, 4) is 28.7 Å². The Morgan fingerprint density at radius 3 is 2.06 bits per heavy atom. The Labute approximate surface area is 294 Å². The molecular formula is C39H45ClN2O7. The predicted octanol–water partition coefficient (Wildman–Crippen LogP) is 6.99. The first-order valence-electron chi connectivity index (χ1n) is 16.2. The maximum atomic E-state index is 13.5. The number of nitrogens with one attached hydrogen (secondary N) is 1. The minimum absolute atomic E-state index is 0.0667. The van der Waals surface area contributed by atoms with E-state index in [4.69, 9.17) is 40.0 Å². The smallest absolute Gasteiger partial charge is 0.338 e. The van der Waals surface area contributed by atoms with Crippen molar-refractivity contribution in [2.24, 2.45) is 0 Å². The normalized spacial score (nSPS) is 18.3. The summed E-state index contributed by atoms with van der Waals surface area (Å²) < 4.78 is 33.5.